The summed E-state index contributed by atoms with van der Waals surface area (Å²) in [5.41, 5.74) is 1.88. The van der Waals surface area contributed by atoms with Gasteiger partial charge >= 0.3 is 0 Å². The van der Waals surface area contributed by atoms with Crippen molar-refractivity contribution in [3.63, 3.8) is 0 Å². The Bertz CT molecular complexity index is 651. The zero-order valence-corrected chi connectivity index (χ0v) is 11.9. The smallest absolute Gasteiger partial charge is 0.194 e. The van der Waals surface area contributed by atoms with E-state index < -0.39 is 0 Å². The maximum atomic E-state index is 8.94. The molecule has 0 aliphatic carbocycles. The van der Waals surface area contributed by atoms with E-state index in [1.165, 1.54) is 31.2 Å². The molecular formula is C17H20N2O. The van der Waals surface area contributed by atoms with Crippen molar-refractivity contribution in [3.8, 4) is 11.9 Å². The van der Waals surface area contributed by atoms with Gasteiger partial charge in [-0.1, -0.05) is 26.2 Å². The predicted molar refractivity (Wildman–Crippen MR) is 79.8 cm³/mol. The summed E-state index contributed by atoms with van der Waals surface area (Å²) in [7, 11) is 0. The molecule has 1 atom stereocenters. The monoisotopic (exact) mass is 268 g/mol. The van der Waals surface area contributed by atoms with Crippen molar-refractivity contribution in [1.29, 1.82) is 5.26 Å². The number of hydrogen-bond acceptors (Lipinski definition) is 2. The first-order chi connectivity index (χ1) is 9.81. The molecule has 0 amide bonds. The molecule has 3 heteroatoms. The fourth-order valence-electron chi connectivity index (χ4n) is 2.96. The second-order valence-corrected chi connectivity index (χ2v) is 5.57. The van der Waals surface area contributed by atoms with Crippen LogP contribution in [0.15, 0.2) is 24.3 Å². The molecule has 2 heterocycles. The van der Waals surface area contributed by atoms with Crippen LogP contribution in [-0.4, -0.2) is 10.7 Å². The van der Waals surface area contributed by atoms with Crippen LogP contribution in [0.4, 0.5) is 0 Å². The molecule has 0 fully saturated rings. The third-order valence-electron chi connectivity index (χ3n) is 4.05. The number of unbranched alkanes of at least 4 members (excludes halogenated alkanes) is 3. The quantitative estimate of drug-likeness (QED) is 0.760. The predicted octanol–water partition coefficient (Wildman–Crippen LogP) is 4.24. The third kappa shape index (κ3) is 2.38. The van der Waals surface area contributed by atoms with Crippen LogP contribution < -0.4 is 4.74 Å². The number of fused-ring (bicyclic) bond motifs is 3. The van der Waals surface area contributed by atoms with Crippen molar-refractivity contribution in [1.82, 2.24) is 4.57 Å². The Balaban J connectivity index is 1.70. The fourth-order valence-corrected chi connectivity index (χ4v) is 2.96. The number of benzene rings is 1. The van der Waals surface area contributed by atoms with Crippen LogP contribution in [0.5, 0.6) is 5.88 Å². The Morgan fingerprint density at radius 2 is 2.20 bits per heavy atom. The van der Waals surface area contributed by atoms with Crippen LogP contribution in [0.2, 0.25) is 0 Å². The van der Waals surface area contributed by atoms with Gasteiger partial charge in [0, 0.05) is 11.5 Å². The molecule has 1 unspecified atom stereocenters. The highest BCUT2D eigenvalue weighted by atomic mass is 16.5. The van der Waals surface area contributed by atoms with Gasteiger partial charge in [-0.15, -0.1) is 0 Å². The van der Waals surface area contributed by atoms with Crippen LogP contribution in [0.1, 0.15) is 44.6 Å². The Kier molecular flexibility index (Phi) is 3.64. The second kappa shape index (κ2) is 5.58. The summed E-state index contributed by atoms with van der Waals surface area (Å²) >= 11 is 0. The Labute approximate surface area is 119 Å². The van der Waals surface area contributed by atoms with Crippen LogP contribution in [0.3, 0.4) is 0 Å². The molecule has 0 radical (unpaired) electrons. The van der Waals surface area contributed by atoms with Gasteiger partial charge in [0.2, 0.25) is 0 Å². The van der Waals surface area contributed by atoms with Gasteiger partial charge in [0.15, 0.2) is 5.88 Å². The van der Waals surface area contributed by atoms with Crippen molar-refractivity contribution >= 4 is 10.9 Å². The largest absolute Gasteiger partial charge is 0.474 e. The first-order valence-corrected chi connectivity index (χ1v) is 7.52. The molecule has 1 aliphatic rings. The third-order valence-corrected chi connectivity index (χ3v) is 4.05. The van der Waals surface area contributed by atoms with E-state index in [4.69, 9.17) is 10.00 Å². The SMILES string of the molecule is CCCCCCC1Cn2c(cc3cc(C#N)ccc32)O1. The number of hydrogen-bond donors (Lipinski definition) is 0. The molecule has 1 aromatic heterocycles. The second-order valence-electron chi connectivity index (χ2n) is 5.57. The van der Waals surface area contributed by atoms with Gasteiger partial charge in [-0.2, -0.15) is 5.26 Å². The molecule has 0 saturated carbocycles. The van der Waals surface area contributed by atoms with E-state index in [0.29, 0.717) is 11.7 Å². The van der Waals surface area contributed by atoms with Crippen molar-refractivity contribution in [2.75, 3.05) is 0 Å². The van der Waals surface area contributed by atoms with Crippen LogP contribution in [-0.2, 0) is 6.54 Å². The molecule has 0 saturated heterocycles. The maximum Gasteiger partial charge on any atom is 0.194 e. The number of nitriles is 1. The zero-order valence-electron chi connectivity index (χ0n) is 11.9. The van der Waals surface area contributed by atoms with E-state index in [1.807, 2.05) is 18.2 Å². The molecular weight excluding hydrogens is 248 g/mol. The van der Waals surface area contributed by atoms with Crippen molar-refractivity contribution in [2.24, 2.45) is 0 Å². The standard InChI is InChI=1S/C17H20N2O/c1-2-3-4-5-6-15-12-19-16-8-7-13(11-18)9-14(16)10-17(19)20-15/h7-10,15H,2-6,12H2,1H3. The van der Waals surface area contributed by atoms with Gasteiger partial charge in [0.25, 0.3) is 0 Å². The van der Waals surface area contributed by atoms with E-state index in [2.05, 4.69) is 23.6 Å². The first-order valence-electron chi connectivity index (χ1n) is 7.52. The minimum absolute atomic E-state index is 0.321. The summed E-state index contributed by atoms with van der Waals surface area (Å²) in [4.78, 5) is 0. The van der Waals surface area contributed by atoms with Crippen LogP contribution >= 0.6 is 0 Å². The minimum Gasteiger partial charge on any atom is -0.474 e. The molecule has 0 spiro atoms. The van der Waals surface area contributed by atoms with Crippen LogP contribution in [0, 0.1) is 11.3 Å². The highest BCUT2D eigenvalue weighted by Crippen LogP contribution is 2.33. The molecule has 20 heavy (non-hydrogen) atoms. The van der Waals surface area contributed by atoms with Crippen LogP contribution in [0.25, 0.3) is 10.9 Å². The lowest BCUT2D eigenvalue weighted by molar-refractivity contribution is 0.215. The number of aromatic nitrogens is 1. The Hall–Kier alpha value is -1.95. The van der Waals surface area contributed by atoms with E-state index in [9.17, 15) is 0 Å². The van der Waals surface area contributed by atoms with E-state index in [0.717, 1.165) is 24.2 Å². The number of nitrogens with zero attached hydrogens (tertiary/aromatic N) is 2. The maximum absolute atomic E-state index is 8.94. The van der Waals surface area contributed by atoms with Gasteiger partial charge < -0.3 is 9.30 Å². The Morgan fingerprint density at radius 3 is 3.00 bits per heavy atom. The first kappa shape index (κ1) is 13.1. The summed E-state index contributed by atoms with van der Waals surface area (Å²) in [6.45, 7) is 3.18. The fraction of sp³-hybridized carbons (Fsp3) is 0.471. The van der Waals surface area contributed by atoms with Crippen molar-refractivity contribution in [2.45, 2.75) is 51.7 Å². The normalized spacial score (nSPS) is 16.9. The Morgan fingerprint density at radius 1 is 1.30 bits per heavy atom. The molecule has 0 N–H and O–H groups in total. The molecule has 2 aromatic rings. The summed E-state index contributed by atoms with van der Waals surface area (Å²) in [5.74, 6) is 0.954. The average Bonchev–Trinajstić information content (AvgIpc) is 2.99. The van der Waals surface area contributed by atoms with E-state index in [1.54, 1.807) is 0 Å². The molecule has 1 aliphatic heterocycles. The molecule has 3 rings (SSSR count). The molecule has 3 nitrogen and oxygen atoms in total. The van der Waals surface area contributed by atoms with Gasteiger partial charge in [-0.25, -0.2) is 0 Å². The average molecular weight is 268 g/mol. The molecule has 1 aromatic carbocycles. The summed E-state index contributed by atoms with van der Waals surface area (Å²) < 4.78 is 8.26. The van der Waals surface area contributed by atoms with Crippen molar-refractivity contribution in [3.05, 3.63) is 29.8 Å². The summed E-state index contributed by atoms with van der Waals surface area (Å²) in [6, 6.07) is 10.1. The van der Waals surface area contributed by atoms with E-state index in [-0.39, 0.29) is 0 Å². The summed E-state index contributed by atoms with van der Waals surface area (Å²) in [6.07, 6.45) is 6.61. The highest BCUT2D eigenvalue weighted by Gasteiger charge is 2.24. The van der Waals surface area contributed by atoms with Crippen molar-refractivity contribution < 1.29 is 4.74 Å². The highest BCUT2D eigenvalue weighted by molar-refractivity contribution is 5.84. The lowest BCUT2D eigenvalue weighted by Gasteiger charge is -2.09. The topological polar surface area (TPSA) is 38.0 Å². The minimum atomic E-state index is 0.321. The zero-order chi connectivity index (χ0) is 13.9. The van der Waals surface area contributed by atoms with E-state index >= 15 is 0 Å². The van der Waals surface area contributed by atoms with Gasteiger partial charge in [-0.3, -0.25) is 0 Å². The van der Waals surface area contributed by atoms with Gasteiger partial charge in [0.05, 0.1) is 23.7 Å². The molecule has 104 valence electrons. The van der Waals surface area contributed by atoms with Gasteiger partial charge in [0.1, 0.15) is 6.10 Å². The lowest BCUT2D eigenvalue weighted by Crippen LogP contribution is -2.14. The van der Waals surface area contributed by atoms with Gasteiger partial charge in [-0.05, 0) is 31.0 Å². The lowest BCUT2D eigenvalue weighted by atomic mass is 10.1. The molecule has 0 bridgehead atoms. The summed E-state index contributed by atoms with van der Waals surface area (Å²) in [5, 5.41) is 10.0. The number of ether oxygens (including phenoxy) is 1. The number of rotatable bonds is 5.